The molecule has 0 amide bonds. The molecule has 1 heterocycles. The zero-order valence-corrected chi connectivity index (χ0v) is 13.2. The van der Waals surface area contributed by atoms with E-state index in [1.165, 1.54) is 0 Å². The highest BCUT2D eigenvalue weighted by molar-refractivity contribution is 6.38. The van der Waals surface area contributed by atoms with Crippen LogP contribution in [0.4, 0.5) is 0 Å². The van der Waals surface area contributed by atoms with Crippen LogP contribution in [0.1, 0.15) is 5.69 Å². The fourth-order valence-electron chi connectivity index (χ4n) is 2.52. The number of hydrogen-bond acceptors (Lipinski definition) is 4. The molecule has 4 nitrogen and oxygen atoms in total. The van der Waals surface area contributed by atoms with Crippen molar-refractivity contribution in [3.05, 3.63) is 42.2 Å². The van der Waals surface area contributed by atoms with Crippen LogP contribution in [-0.4, -0.2) is 32.0 Å². The second-order valence-electron chi connectivity index (χ2n) is 5.24. The summed E-state index contributed by atoms with van der Waals surface area (Å²) in [5, 5.41) is 0. The quantitative estimate of drug-likeness (QED) is 0.691. The summed E-state index contributed by atoms with van der Waals surface area (Å²) < 4.78 is 10.7. The minimum atomic E-state index is 0.753. The van der Waals surface area contributed by atoms with Gasteiger partial charge in [0.15, 0.2) is 0 Å². The lowest BCUT2D eigenvalue weighted by molar-refractivity contribution is 0.394. The van der Waals surface area contributed by atoms with E-state index in [1.54, 1.807) is 20.4 Å². The van der Waals surface area contributed by atoms with E-state index < -0.39 is 0 Å². The van der Waals surface area contributed by atoms with Gasteiger partial charge in [0.2, 0.25) is 0 Å². The Kier molecular flexibility index (Phi) is 3.71. The average molecular weight is 292 g/mol. The van der Waals surface area contributed by atoms with Crippen LogP contribution < -0.4 is 14.9 Å². The lowest BCUT2D eigenvalue weighted by atomic mass is 9.91. The molecule has 0 atom stereocenters. The molecule has 0 radical (unpaired) electrons. The van der Waals surface area contributed by atoms with Gasteiger partial charge in [0, 0.05) is 17.8 Å². The first-order valence-electron chi connectivity index (χ1n) is 7.09. The number of aryl methyl sites for hydroxylation is 1. The summed E-state index contributed by atoms with van der Waals surface area (Å²) in [6.07, 6.45) is 1.80. The molecule has 0 spiro atoms. The van der Waals surface area contributed by atoms with Gasteiger partial charge in [-0.05, 0) is 24.6 Å². The molecule has 0 aliphatic rings. The molecule has 3 aromatic rings. The third kappa shape index (κ3) is 2.50. The number of benzene rings is 2. The van der Waals surface area contributed by atoms with Crippen LogP contribution in [0.2, 0.25) is 0 Å². The van der Waals surface area contributed by atoms with Gasteiger partial charge in [-0.15, -0.1) is 0 Å². The molecular weight excluding hydrogens is 275 g/mol. The van der Waals surface area contributed by atoms with E-state index in [0.29, 0.717) is 0 Å². The summed E-state index contributed by atoms with van der Waals surface area (Å²) in [6, 6.07) is 9.96. The second-order valence-corrected chi connectivity index (χ2v) is 5.24. The summed E-state index contributed by atoms with van der Waals surface area (Å²) in [5.41, 5.74) is 5.85. The highest BCUT2D eigenvalue weighted by atomic mass is 16.5. The molecule has 22 heavy (non-hydrogen) atoms. The second kappa shape index (κ2) is 5.68. The third-order valence-electron chi connectivity index (χ3n) is 3.68. The lowest BCUT2D eigenvalue weighted by Gasteiger charge is -2.11. The Bertz CT molecular complexity index is 827. The van der Waals surface area contributed by atoms with Crippen LogP contribution in [0.3, 0.4) is 0 Å². The molecule has 0 saturated heterocycles. The van der Waals surface area contributed by atoms with Crippen LogP contribution in [0, 0.1) is 6.92 Å². The fourth-order valence-corrected chi connectivity index (χ4v) is 2.52. The van der Waals surface area contributed by atoms with Gasteiger partial charge in [-0.25, -0.2) is 4.98 Å². The maximum Gasteiger partial charge on any atom is 0.142 e. The normalized spacial score (nSPS) is 10.7. The summed E-state index contributed by atoms with van der Waals surface area (Å²) in [4.78, 5) is 9.21. The Morgan fingerprint density at radius 2 is 1.64 bits per heavy atom. The Hall–Kier alpha value is -2.56. The number of hydrogen-bond donors (Lipinski definition) is 0. The largest absolute Gasteiger partial charge is 0.497 e. The Morgan fingerprint density at radius 3 is 2.27 bits per heavy atom. The summed E-state index contributed by atoms with van der Waals surface area (Å²) in [5.74, 6) is 1.51. The zero-order chi connectivity index (χ0) is 15.7. The van der Waals surface area contributed by atoms with Crippen molar-refractivity contribution in [2.45, 2.75) is 6.92 Å². The van der Waals surface area contributed by atoms with Crippen molar-refractivity contribution in [1.82, 2.24) is 9.97 Å². The smallest absolute Gasteiger partial charge is 0.142 e. The molecule has 2 aromatic carbocycles. The monoisotopic (exact) mass is 292 g/mol. The number of nitrogens with zero attached hydrogens (tertiary/aromatic N) is 2. The maximum absolute atomic E-state index is 5.36. The molecule has 3 rings (SSSR count). The molecular formula is C17H17BN2O2. The highest BCUT2D eigenvalue weighted by Crippen LogP contribution is 2.32. The number of ether oxygens (including phenoxy) is 2. The average Bonchev–Trinajstić information content (AvgIpc) is 2.54. The van der Waals surface area contributed by atoms with Crippen LogP contribution >= 0.6 is 0 Å². The van der Waals surface area contributed by atoms with Crippen molar-refractivity contribution in [2.75, 3.05) is 14.2 Å². The van der Waals surface area contributed by atoms with Gasteiger partial charge in [0.1, 0.15) is 19.3 Å². The number of methoxy groups -OCH3 is 2. The highest BCUT2D eigenvalue weighted by Gasteiger charge is 2.11. The van der Waals surface area contributed by atoms with Gasteiger partial charge in [0.05, 0.1) is 30.9 Å². The molecule has 0 aliphatic heterocycles. The Balaban J connectivity index is 2.30. The van der Waals surface area contributed by atoms with Gasteiger partial charge < -0.3 is 9.47 Å². The van der Waals surface area contributed by atoms with Gasteiger partial charge >= 0.3 is 0 Å². The predicted octanol–water partition coefficient (Wildman–Crippen LogP) is 1.88. The number of rotatable bonds is 3. The Morgan fingerprint density at radius 1 is 0.955 bits per heavy atom. The SMILES string of the molecule is Bc1ccc(-c2cc(OC)cc(OC)c2)c2nc(C)cnc12. The molecule has 0 fully saturated rings. The summed E-state index contributed by atoms with van der Waals surface area (Å²) in [6.45, 7) is 1.95. The molecule has 0 unspecified atom stereocenters. The van der Waals surface area contributed by atoms with E-state index in [4.69, 9.17) is 9.47 Å². The lowest BCUT2D eigenvalue weighted by Crippen LogP contribution is -2.07. The topological polar surface area (TPSA) is 44.2 Å². The molecule has 0 aliphatic carbocycles. The molecule has 0 saturated carbocycles. The molecule has 5 heteroatoms. The van der Waals surface area contributed by atoms with Crippen LogP contribution in [0.25, 0.3) is 22.2 Å². The predicted molar refractivity (Wildman–Crippen MR) is 91.0 cm³/mol. The third-order valence-corrected chi connectivity index (χ3v) is 3.68. The molecule has 0 N–H and O–H groups in total. The zero-order valence-electron chi connectivity index (χ0n) is 13.2. The maximum atomic E-state index is 5.36. The van der Waals surface area contributed by atoms with Crippen molar-refractivity contribution in [2.24, 2.45) is 0 Å². The molecule has 1 aromatic heterocycles. The fraction of sp³-hybridized carbons (Fsp3) is 0.176. The van der Waals surface area contributed by atoms with E-state index in [9.17, 15) is 0 Å². The van der Waals surface area contributed by atoms with E-state index in [1.807, 2.05) is 33.0 Å². The van der Waals surface area contributed by atoms with Crippen molar-refractivity contribution in [3.8, 4) is 22.6 Å². The van der Waals surface area contributed by atoms with Gasteiger partial charge in [0.25, 0.3) is 0 Å². The van der Waals surface area contributed by atoms with Gasteiger partial charge in [-0.2, -0.15) is 0 Å². The van der Waals surface area contributed by atoms with Crippen molar-refractivity contribution < 1.29 is 9.47 Å². The summed E-state index contributed by atoms with van der Waals surface area (Å²) in [7, 11) is 5.34. The summed E-state index contributed by atoms with van der Waals surface area (Å²) >= 11 is 0. The van der Waals surface area contributed by atoms with E-state index in [0.717, 1.165) is 44.8 Å². The van der Waals surface area contributed by atoms with Crippen LogP contribution in [0.15, 0.2) is 36.5 Å². The molecule has 110 valence electrons. The standard InChI is InChI=1S/C17H17BN2O2/c1-10-9-19-17-15(18)5-4-14(16(17)20-10)11-6-12(21-2)8-13(7-11)22-3/h4-9H,18H2,1-3H3. The van der Waals surface area contributed by atoms with E-state index in [2.05, 4.69) is 22.1 Å². The van der Waals surface area contributed by atoms with Crippen molar-refractivity contribution in [1.29, 1.82) is 0 Å². The van der Waals surface area contributed by atoms with Crippen LogP contribution in [0.5, 0.6) is 11.5 Å². The number of aromatic nitrogens is 2. The minimum Gasteiger partial charge on any atom is -0.497 e. The van der Waals surface area contributed by atoms with Crippen molar-refractivity contribution in [3.63, 3.8) is 0 Å². The van der Waals surface area contributed by atoms with Gasteiger partial charge in [-0.3, -0.25) is 4.98 Å². The minimum absolute atomic E-state index is 0.753. The van der Waals surface area contributed by atoms with Crippen molar-refractivity contribution >= 4 is 24.3 Å². The van der Waals surface area contributed by atoms with E-state index >= 15 is 0 Å². The number of fused-ring (bicyclic) bond motifs is 1. The Labute approximate surface area is 130 Å². The first-order chi connectivity index (χ1) is 10.6. The van der Waals surface area contributed by atoms with E-state index in [-0.39, 0.29) is 0 Å². The first-order valence-corrected chi connectivity index (χ1v) is 7.09. The van der Waals surface area contributed by atoms with Gasteiger partial charge in [-0.1, -0.05) is 17.6 Å². The van der Waals surface area contributed by atoms with Crippen LogP contribution in [-0.2, 0) is 0 Å². The first kappa shape index (κ1) is 14.4. The molecule has 0 bridgehead atoms.